The molecule has 98 valence electrons. The number of nitrogens with one attached hydrogen (secondary N) is 1. The molecule has 1 amide bonds. The molecule has 0 bridgehead atoms. The molecule has 0 aliphatic carbocycles. The van der Waals surface area contributed by atoms with Crippen molar-refractivity contribution in [1.29, 1.82) is 0 Å². The molecule has 0 heterocycles. The molecule has 0 saturated heterocycles. The number of Topliss-reactive ketones (excluding diaryl/α,β-unsaturated/α-hetero) is 1. The number of ether oxygens (including phenoxy) is 1. The van der Waals surface area contributed by atoms with Crippen LogP contribution in [-0.2, 0) is 9.53 Å². The molecule has 0 aliphatic rings. The summed E-state index contributed by atoms with van der Waals surface area (Å²) in [5, 5.41) is 2.49. The van der Waals surface area contributed by atoms with E-state index in [4.69, 9.17) is 4.74 Å². The third kappa shape index (κ3) is 3.63. The molecule has 18 heavy (non-hydrogen) atoms. The fourth-order valence-corrected chi connectivity index (χ4v) is 1.49. The maximum absolute atomic E-state index is 13.1. The standard InChI is InChI=1S/C13H16FNO3/c1-4-18-9(3)13(17)15-12-7-10(14)5-6-11(12)8(2)16/h5-7,9H,4H2,1-3H3,(H,15,17). The first kappa shape index (κ1) is 14.3. The van der Waals surface area contributed by atoms with Gasteiger partial charge in [0.1, 0.15) is 11.9 Å². The molecule has 0 fully saturated rings. The molecule has 1 rings (SSSR count). The molecule has 1 aromatic rings. The van der Waals surface area contributed by atoms with Crippen molar-refractivity contribution >= 4 is 17.4 Å². The van der Waals surface area contributed by atoms with Gasteiger partial charge in [0.25, 0.3) is 5.91 Å². The molecular weight excluding hydrogens is 237 g/mol. The second kappa shape index (κ2) is 6.26. The van der Waals surface area contributed by atoms with Crippen molar-refractivity contribution in [3.8, 4) is 0 Å². The van der Waals surface area contributed by atoms with E-state index in [9.17, 15) is 14.0 Å². The second-order valence-electron chi connectivity index (χ2n) is 3.83. The van der Waals surface area contributed by atoms with Crippen LogP contribution in [-0.4, -0.2) is 24.4 Å². The molecular formula is C13H16FNO3. The first-order valence-corrected chi connectivity index (χ1v) is 5.68. The van der Waals surface area contributed by atoms with E-state index in [-0.39, 0.29) is 17.0 Å². The van der Waals surface area contributed by atoms with E-state index in [0.29, 0.717) is 6.61 Å². The predicted octanol–water partition coefficient (Wildman–Crippen LogP) is 2.39. The number of ketones is 1. The quantitative estimate of drug-likeness (QED) is 0.820. The van der Waals surface area contributed by atoms with Gasteiger partial charge in [0, 0.05) is 12.2 Å². The number of carbonyl (C=O) groups excluding carboxylic acids is 2. The Morgan fingerprint density at radius 2 is 2.11 bits per heavy atom. The van der Waals surface area contributed by atoms with Crippen LogP contribution in [0.3, 0.4) is 0 Å². The minimum absolute atomic E-state index is 0.166. The number of benzene rings is 1. The van der Waals surface area contributed by atoms with Crippen LogP contribution in [0.25, 0.3) is 0 Å². The zero-order valence-corrected chi connectivity index (χ0v) is 10.6. The van der Waals surface area contributed by atoms with Gasteiger partial charge in [-0.05, 0) is 39.0 Å². The van der Waals surface area contributed by atoms with E-state index in [2.05, 4.69) is 5.32 Å². The van der Waals surface area contributed by atoms with Crippen molar-refractivity contribution in [2.75, 3.05) is 11.9 Å². The monoisotopic (exact) mass is 253 g/mol. The fraction of sp³-hybridized carbons (Fsp3) is 0.385. The summed E-state index contributed by atoms with van der Waals surface area (Å²) in [7, 11) is 0. The van der Waals surface area contributed by atoms with Gasteiger partial charge < -0.3 is 10.1 Å². The van der Waals surface area contributed by atoms with Crippen LogP contribution in [0.4, 0.5) is 10.1 Å². The Hall–Kier alpha value is -1.75. The van der Waals surface area contributed by atoms with Crippen molar-refractivity contribution in [1.82, 2.24) is 0 Å². The topological polar surface area (TPSA) is 55.4 Å². The van der Waals surface area contributed by atoms with Gasteiger partial charge in [0.15, 0.2) is 5.78 Å². The van der Waals surface area contributed by atoms with Crippen molar-refractivity contribution in [2.24, 2.45) is 0 Å². The average molecular weight is 253 g/mol. The summed E-state index contributed by atoms with van der Waals surface area (Å²) < 4.78 is 18.2. The van der Waals surface area contributed by atoms with Crippen LogP contribution in [0.5, 0.6) is 0 Å². The molecule has 0 aromatic heterocycles. The highest BCUT2D eigenvalue weighted by molar-refractivity contribution is 6.04. The number of anilines is 1. The van der Waals surface area contributed by atoms with E-state index in [1.165, 1.54) is 19.1 Å². The number of hydrogen-bond donors (Lipinski definition) is 1. The molecule has 1 N–H and O–H groups in total. The van der Waals surface area contributed by atoms with Crippen LogP contribution in [0.1, 0.15) is 31.1 Å². The average Bonchev–Trinajstić information content (AvgIpc) is 2.28. The van der Waals surface area contributed by atoms with E-state index < -0.39 is 17.8 Å². The summed E-state index contributed by atoms with van der Waals surface area (Å²) in [6, 6.07) is 3.64. The van der Waals surface area contributed by atoms with Gasteiger partial charge in [-0.15, -0.1) is 0 Å². The molecule has 1 aromatic carbocycles. The first-order valence-electron chi connectivity index (χ1n) is 5.68. The molecule has 1 unspecified atom stereocenters. The molecule has 0 radical (unpaired) electrons. The first-order chi connectivity index (χ1) is 8.45. The molecule has 0 spiro atoms. The Morgan fingerprint density at radius 3 is 2.67 bits per heavy atom. The van der Waals surface area contributed by atoms with Gasteiger partial charge >= 0.3 is 0 Å². The summed E-state index contributed by atoms with van der Waals surface area (Å²) in [6.45, 7) is 5.12. The number of rotatable bonds is 5. The van der Waals surface area contributed by atoms with Gasteiger partial charge in [-0.2, -0.15) is 0 Å². The maximum Gasteiger partial charge on any atom is 0.253 e. The summed E-state index contributed by atoms with van der Waals surface area (Å²) in [5.74, 6) is -1.17. The Bertz CT molecular complexity index is 460. The highest BCUT2D eigenvalue weighted by Gasteiger charge is 2.16. The van der Waals surface area contributed by atoms with Crippen molar-refractivity contribution in [3.05, 3.63) is 29.6 Å². The van der Waals surface area contributed by atoms with Crippen molar-refractivity contribution < 1.29 is 18.7 Å². The van der Waals surface area contributed by atoms with Crippen LogP contribution < -0.4 is 5.32 Å². The fourth-order valence-electron chi connectivity index (χ4n) is 1.49. The third-order valence-corrected chi connectivity index (χ3v) is 2.40. The van der Waals surface area contributed by atoms with Crippen LogP contribution in [0, 0.1) is 5.82 Å². The van der Waals surface area contributed by atoms with Crippen LogP contribution in [0.15, 0.2) is 18.2 Å². The minimum atomic E-state index is -0.655. The van der Waals surface area contributed by atoms with Crippen LogP contribution in [0.2, 0.25) is 0 Å². The van der Waals surface area contributed by atoms with Gasteiger partial charge in [-0.1, -0.05) is 0 Å². The number of carbonyl (C=O) groups is 2. The lowest BCUT2D eigenvalue weighted by atomic mass is 10.1. The molecule has 4 nitrogen and oxygen atoms in total. The zero-order valence-electron chi connectivity index (χ0n) is 10.6. The number of amides is 1. The van der Waals surface area contributed by atoms with E-state index in [1.54, 1.807) is 13.8 Å². The van der Waals surface area contributed by atoms with Crippen molar-refractivity contribution in [2.45, 2.75) is 26.9 Å². The van der Waals surface area contributed by atoms with Gasteiger partial charge in [-0.25, -0.2) is 4.39 Å². The van der Waals surface area contributed by atoms with Gasteiger partial charge in [0.05, 0.1) is 5.69 Å². The highest BCUT2D eigenvalue weighted by atomic mass is 19.1. The Labute approximate surface area is 105 Å². The number of hydrogen-bond acceptors (Lipinski definition) is 3. The van der Waals surface area contributed by atoms with E-state index in [1.807, 2.05) is 0 Å². The van der Waals surface area contributed by atoms with Crippen LogP contribution >= 0.6 is 0 Å². The smallest absolute Gasteiger partial charge is 0.253 e. The lowest BCUT2D eigenvalue weighted by Gasteiger charge is -2.14. The Balaban J connectivity index is 2.92. The third-order valence-electron chi connectivity index (χ3n) is 2.40. The summed E-state index contributed by atoms with van der Waals surface area (Å²) >= 11 is 0. The van der Waals surface area contributed by atoms with Gasteiger partial charge in [0.2, 0.25) is 0 Å². The van der Waals surface area contributed by atoms with E-state index >= 15 is 0 Å². The zero-order chi connectivity index (χ0) is 13.7. The number of halogens is 1. The SMILES string of the molecule is CCOC(C)C(=O)Nc1cc(F)ccc1C(C)=O. The summed E-state index contributed by atoms with van der Waals surface area (Å²) in [6.07, 6.45) is -0.655. The van der Waals surface area contributed by atoms with Crippen molar-refractivity contribution in [3.63, 3.8) is 0 Å². The second-order valence-corrected chi connectivity index (χ2v) is 3.83. The molecule has 5 heteroatoms. The predicted molar refractivity (Wildman–Crippen MR) is 66.1 cm³/mol. The summed E-state index contributed by atoms with van der Waals surface area (Å²) in [5.41, 5.74) is 0.438. The van der Waals surface area contributed by atoms with Gasteiger partial charge in [-0.3, -0.25) is 9.59 Å². The minimum Gasteiger partial charge on any atom is -0.369 e. The Morgan fingerprint density at radius 1 is 1.44 bits per heavy atom. The lowest BCUT2D eigenvalue weighted by Crippen LogP contribution is -2.28. The highest BCUT2D eigenvalue weighted by Crippen LogP contribution is 2.18. The largest absolute Gasteiger partial charge is 0.369 e. The molecule has 1 atom stereocenters. The summed E-state index contributed by atoms with van der Waals surface area (Å²) in [4.78, 5) is 23.1. The normalized spacial score (nSPS) is 12.0. The molecule has 0 saturated carbocycles. The lowest BCUT2D eigenvalue weighted by molar-refractivity contribution is -0.126. The maximum atomic E-state index is 13.1. The van der Waals surface area contributed by atoms with E-state index in [0.717, 1.165) is 6.07 Å². The Kier molecular flexibility index (Phi) is 4.97. The molecule has 0 aliphatic heterocycles.